The van der Waals surface area contributed by atoms with Crippen LogP contribution in [0.25, 0.3) is 0 Å². The van der Waals surface area contributed by atoms with Gasteiger partial charge in [-0.05, 0) is 49.4 Å². The van der Waals surface area contributed by atoms with E-state index in [4.69, 9.17) is 10.7 Å². The average Bonchev–Trinajstić information content (AvgIpc) is 2.90. The summed E-state index contributed by atoms with van der Waals surface area (Å²) in [5.74, 6) is 0.901. The molecule has 3 N–H and O–H groups in total. The van der Waals surface area contributed by atoms with Crippen molar-refractivity contribution in [3.63, 3.8) is 0 Å². The molecule has 2 aromatic rings. The van der Waals surface area contributed by atoms with Crippen LogP contribution in [0.4, 0.5) is 11.5 Å². The first kappa shape index (κ1) is 29.2. The Labute approximate surface area is 228 Å². The Bertz CT molecular complexity index is 1360. The molecule has 1 amide bonds. The molecule has 0 radical (unpaired) electrons. The van der Waals surface area contributed by atoms with E-state index >= 15 is 0 Å². The Morgan fingerprint density at radius 1 is 1.24 bits per heavy atom. The maximum Gasteiger partial charge on any atom is 0.236 e. The molecule has 1 saturated heterocycles. The van der Waals surface area contributed by atoms with Gasteiger partial charge >= 0.3 is 0 Å². The normalized spacial score (nSPS) is 14.9. The van der Waals surface area contributed by atoms with Crippen LogP contribution in [-0.2, 0) is 27.0 Å². The lowest BCUT2D eigenvalue weighted by molar-refractivity contribution is -0.122. The van der Waals surface area contributed by atoms with Gasteiger partial charge in [-0.2, -0.15) is 10.5 Å². The van der Waals surface area contributed by atoms with Crippen LogP contribution in [0.5, 0.6) is 0 Å². The molecule has 10 nitrogen and oxygen atoms in total. The lowest BCUT2D eigenvalue weighted by Crippen LogP contribution is -2.49. The van der Waals surface area contributed by atoms with Crippen molar-refractivity contribution in [2.45, 2.75) is 56.0 Å². The number of amides is 1. The zero-order valence-corrected chi connectivity index (χ0v) is 23.7. The minimum Gasteiger partial charge on any atom is -0.355 e. The molecule has 38 heavy (non-hydrogen) atoms. The monoisotopic (exact) mass is 555 g/mol. The number of anilines is 2. The van der Waals surface area contributed by atoms with E-state index < -0.39 is 16.1 Å². The van der Waals surface area contributed by atoms with E-state index in [0.29, 0.717) is 71.3 Å². The Morgan fingerprint density at radius 2 is 1.84 bits per heavy atom. The van der Waals surface area contributed by atoms with Crippen LogP contribution in [0.15, 0.2) is 29.3 Å². The van der Waals surface area contributed by atoms with Gasteiger partial charge in [0.1, 0.15) is 23.0 Å². The Hall–Kier alpha value is -3.32. The van der Waals surface area contributed by atoms with E-state index in [-0.39, 0.29) is 11.9 Å². The summed E-state index contributed by atoms with van der Waals surface area (Å²) >= 11 is 1.41. The Balaban J connectivity index is 1.84. The van der Waals surface area contributed by atoms with E-state index in [2.05, 4.69) is 17.5 Å². The number of carbonyl (C=O) groups is 1. The van der Waals surface area contributed by atoms with Crippen LogP contribution in [0.2, 0.25) is 0 Å². The summed E-state index contributed by atoms with van der Waals surface area (Å²) in [6, 6.07) is 11.1. The summed E-state index contributed by atoms with van der Waals surface area (Å²) in [6.07, 6.45) is 3.06. The summed E-state index contributed by atoms with van der Waals surface area (Å²) < 4.78 is 24.8. The first-order valence-corrected chi connectivity index (χ1v) is 15.2. The van der Waals surface area contributed by atoms with Gasteiger partial charge in [-0.25, -0.2) is 13.4 Å². The number of piperidine rings is 1. The third kappa shape index (κ3) is 6.76. The van der Waals surface area contributed by atoms with Crippen molar-refractivity contribution in [3.05, 3.63) is 46.5 Å². The van der Waals surface area contributed by atoms with E-state index in [9.17, 15) is 23.7 Å². The van der Waals surface area contributed by atoms with Gasteiger partial charge in [-0.15, -0.1) is 11.8 Å². The molecule has 1 aliphatic rings. The topological polar surface area (TPSA) is 156 Å². The van der Waals surface area contributed by atoms with E-state index in [1.165, 1.54) is 23.1 Å². The first-order chi connectivity index (χ1) is 18.0. The minimum atomic E-state index is -3.35. The van der Waals surface area contributed by atoms with Crippen molar-refractivity contribution < 1.29 is 13.2 Å². The summed E-state index contributed by atoms with van der Waals surface area (Å²) in [5.41, 5.74) is 8.68. The summed E-state index contributed by atoms with van der Waals surface area (Å²) in [4.78, 5) is 18.8. The van der Waals surface area contributed by atoms with Crippen molar-refractivity contribution in [1.29, 1.82) is 10.5 Å². The quantitative estimate of drug-likeness (QED) is 0.444. The molecule has 1 atom stereocenters. The van der Waals surface area contributed by atoms with Gasteiger partial charge in [-0.3, -0.25) is 9.10 Å². The van der Waals surface area contributed by atoms with Crippen LogP contribution in [0.1, 0.15) is 48.9 Å². The van der Waals surface area contributed by atoms with Gasteiger partial charge in [0.05, 0.1) is 29.1 Å². The average molecular weight is 556 g/mol. The van der Waals surface area contributed by atoms with Gasteiger partial charge < -0.3 is 16.0 Å². The highest BCUT2D eigenvalue weighted by Crippen LogP contribution is 2.34. The molecular formula is C26H33N7O3S2. The van der Waals surface area contributed by atoms with Crippen molar-refractivity contribution in [2.24, 2.45) is 5.73 Å². The number of nitrogens with two attached hydrogens (primary N) is 1. The number of hydrogen-bond acceptors (Lipinski definition) is 9. The van der Waals surface area contributed by atoms with E-state index in [0.717, 1.165) is 11.8 Å². The van der Waals surface area contributed by atoms with Crippen molar-refractivity contribution >= 4 is 39.2 Å². The minimum absolute atomic E-state index is 0.0119. The van der Waals surface area contributed by atoms with Crippen molar-refractivity contribution in [2.75, 3.05) is 35.6 Å². The lowest BCUT2D eigenvalue weighted by Gasteiger charge is -2.34. The number of nitriles is 2. The van der Waals surface area contributed by atoms with Crippen LogP contribution in [0, 0.1) is 22.7 Å². The fourth-order valence-corrected chi connectivity index (χ4v) is 5.69. The third-order valence-electron chi connectivity index (χ3n) is 6.55. The van der Waals surface area contributed by atoms with Gasteiger partial charge in [0.2, 0.25) is 15.9 Å². The highest BCUT2D eigenvalue weighted by Gasteiger charge is 2.27. The largest absolute Gasteiger partial charge is 0.355 e. The predicted molar refractivity (Wildman–Crippen MR) is 149 cm³/mol. The second-order valence-corrected chi connectivity index (χ2v) is 12.3. The highest BCUT2D eigenvalue weighted by atomic mass is 32.2. The number of aromatic nitrogens is 1. The Kier molecular flexibility index (Phi) is 9.60. The molecule has 0 spiro atoms. The number of carbonyl (C=O) groups excluding carboxylic acids is 1. The summed E-state index contributed by atoms with van der Waals surface area (Å²) in [5, 5.41) is 23.5. The molecule has 202 valence electrons. The zero-order chi connectivity index (χ0) is 28.0. The molecule has 1 aliphatic heterocycles. The van der Waals surface area contributed by atoms with E-state index in [1.54, 1.807) is 19.1 Å². The molecule has 1 aromatic heterocycles. The second-order valence-electron chi connectivity index (χ2n) is 9.29. The molecule has 0 saturated carbocycles. The van der Waals surface area contributed by atoms with Gasteiger partial charge in [0, 0.05) is 31.9 Å². The zero-order valence-electron chi connectivity index (χ0n) is 22.1. The first-order valence-electron chi connectivity index (χ1n) is 12.3. The molecular weight excluding hydrogens is 522 g/mol. The number of thioether (sulfide) groups is 1. The van der Waals surface area contributed by atoms with Gasteiger partial charge in [0.25, 0.3) is 0 Å². The van der Waals surface area contributed by atoms with Crippen LogP contribution in [-0.4, -0.2) is 57.8 Å². The van der Waals surface area contributed by atoms with Crippen LogP contribution >= 0.6 is 11.8 Å². The number of nitrogens with zero attached hydrogens (tertiary/aromatic N) is 5. The third-order valence-corrected chi connectivity index (χ3v) is 8.81. The standard InChI is InChI=1S/C26H33N7O3S2/c1-5-21-22(14-27)24(33-12-10-19(11-13-33)30-25(34)17(2)29)31-26(23(21)15-28)37-16-18-6-8-20(9-7-18)32(3)38(4,35)36/h6-9,17,19H,5,10-13,16,29H2,1-4H3,(H,30,34)/t17-/m0/s1. The number of pyridine rings is 1. The van der Waals surface area contributed by atoms with Crippen LogP contribution < -0.4 is 20.3 Å². The number of sulfonamides is 1. The predicted octanol–water partition coefficient (Wildman–Crippen LogP) is 2.51. The summed E-state index contributed by atoms with van der Waals surface area (Å²) in [7, 11) is -1.85. The number of hydrogen-bond donors (Lipinski definition) is 2. The molecule has 2 heterocycles. The van der Waals surface area contributed by atoms with Gasteiger partial charge in [-0.1, -0.05) is 19.1 Å². The molecule has 0 aliphatic carbocycles. The molecule has 12 heteroatoms. The smallest absolute Gasteiger partial charge is 0.236 e. The molecule has 0 bridgehead atoms. The fraction of sp³-hybridized carbons (Fsp3) is 0.462. The molecule has 0 unspecified atom stereocenters. The number of benzene rings is 1. The summed E-state index contributed by atoms with van der Waals surface area (Å²) in [6.45, 7) is 4.79. The fourth-order valence-electron chi connectivity index (χ4n) is 4.23. The molecule has 1 aromatic carbocycles. The van der Waals surface area contributed by atoms with Gasteiger partial charge in [0.15, 0.2) is 0 Å². The highest BCUT2D eigenvalue weighted by molar-refractivity contribution is 7.98. The molecule has 1 fully saturated rings. The molecule has 3 rings (SSSR count). The second kappa shape index (κ2) is 12.5. The number of rotatable bonds is 9. The van der Waals surface area contributed by atoms with Crippen LogP contribution in [0.3, 0.4) is 0 Å². The number of nitrogens with one attached hydrogen (secondary N) is 1. The SMILES string of the molecule is CCc1c(C#N)c(SCc2ccc(N(C)S(C)(=O)=O)cc2)nc(N2CCC(NC(=O)[C@H](C)N)CC2)c1C#N. The maximum absolute atomic E-state index is 12.0. The lowest BCUT2D eigenvalue weighted by atomic mass is 9.99. The maximum atomic E-state index is 12.0. The van der Waals surface area contributed by atoms with E-state index in [1.807, 2.05) is 24.0 Å². The van der Waals surface area contributed by atoms with Crippen molar-refractivity contribution in [1.82, 2.24) is 10.3 Å². The Morgan fingerprint density at radius 3 is 2.34 bits per heavy atom. The van der Waals surface area contributed by atoms with Crippen molar-refractivity contribution in [3.8, 4) is 12.1 Å².